The van der Waals surface area contributed by atoms with Gasteiger partial charge in [0.05, 0.1) is 22.5 Å². The number of Topliss-reactive ketones (excluding diaryl/α,β-unsaturated/α-hetero) is 1. The van der Waals surface area contributed by atoms with Crippen molar-refractivity contribution in [2.24, 2.45) is 11.8 Å². The zero-order valence-electron chi connectivity index (χ0n) is 23.0. The topological polar surface area (TPSA) is 79.5 Å². The first kappa shape index (κ1) is 25.0. The molecule has 41 heavy (non-hydrogen) atoms. The summed E-state index contributed by atoms with van der Waals surface area (Å²) in [6, 6.07) is 31.0. The van der Waals surface area contributed by atoms with Crippen molar-refractivity contribution in [3.05, 3.63) is 114 Å². The molecule has 2 aliphatic rings. The summed E-state index contributed by atoms with van der Waals surface area (Å²) in [7, 11) is 0. The fourth-order valence-corrected chi connectivity index (χ4v) is 6.90. The van der Waals surface area contributed by atoms with Crippen LogP contribution in [0.5, 0.6) is 0 Å². The predicted molar refractivity (Wildman–Crippen MR) is 161 cm³/mol. The molecule has 2 heterocycles. The van der Waals surface area contributed by atoms with Crippen LogP contribution in [0, 0.1) is 23.2 Å². The first-order valence-corrected chi connectivity index (χ1v) is 14.1. The Morgan fingerprint density at radius 1 is 0.902 bits per heavy atom. The van der Waals surface area contributed by atoms with Crippen molar-refractivity contribution in [3.63, 3.8) is 0 Å². The van der Waals surface area contributed by atoms with E-state index in [1.165, 1.54) is 0 Å². The molecule has 0 bridgehead atoms. The first-order chi connectivity index (χ1) is 20.0. The van der Waals surface area contributed by atoms with Gasteiger partial charge in [-0.1, -0.05) is 86.7 Å². The van der Waals surface area contributed by atoms with Crippen LogP contribution in [-0.4, -0.2) is 20.7 Å². The van der Waals surface area contributed by atoms with Crippen molar-refractivity contribution in [2.45, 2.75) is 32.1 Å². The summed E-state index contributed by atoms with van der Waals surface area (Å²) in [5.74, 6) is 0.363. The lowest BCUT2D eigenvalue weighted by Crippen LogP contribution is -2.46. The summed E-state index contributed by atoms with van der Waals surface area (Å²) >= 11 is 0. The molecule has 0 aliphatic heterocycles. The number of hydrogen-bond donors (Lipinski definition) is 0. The Morgan fingerprint density at radius 3 is 2.49 bits per heavy atom. The summed E-state index contributed by atoms with van der Waals surface area (Å²) in [6.07, 6.45) is 5.28. The third-order valence-electron chi connectivity index (χ3n) is 8.97. The molecule has 198 valence electrons. The Labute approximate surface area is 239 Å². The van der Waals surface area contributed by atoms with Crippen LogP contribution in [0.2, 0.25) is 0 Å². The Balaban J connectivity index is 1.52. The number of aromatic nitrogens is 3. The molecule has 3 aromatic carbocycles. The first-order valence-electron chi connectivity index (χ1n) is 14.1. The van der Waals surface area contributed by atoms with Crippen LogP contribution < -0.4 is 0 Å². The molecule has 5 aromatic rings. The molecule has 0 radical (unpaired) electrons. The highest BCUT2D eigenvalue weighted by atomic mass is 16.1. The molecule has 0 fully saturated rings. The third kappa shape index (κ3) is 3.98. The highest BCUT2D eigenvalue weighted by molar-refractivity contribution is 6.02. The number of nitrogens with zero attached hydrogens (tertiary/aromatic N) is 4. The van der Waals surface area contributed by atoms with Gasteiger partial charge in [0.25, 0.3) is 0 Å². The normalized spacial score (nSPS) is 21.5. The molecule has 0 saturated heterocycles. The number of hydrogen-bond acceptors (Lipinski definition) is 5. The fraction of sp³-hybridized carbons (Fsp3) is 0.194. The van der Waals surface area contributed by atoms with E-state index in [2.05, 4.69) is 60.4 Å². The van der Waals surface area contributed by atoms with E-state index < -0.39 is 5.41 Å². The minimum absolute atomic E-state index is 0.0556. The van der Waals surface area contributed by atoms with Gasteiger partial charge in [0.2, 0.25) is 0 Å². The number of carbonyl (C=O) groups excluding carboxylic acids is 1. The van der Waals surface area contributed by atoms with Gasteiger partial charge in [-0.2, -0.15) is 5.26 Å². The van der Waals surface area contributed by atoms with Crippen molar-refractivity contribution in [2.75, 3.05) is 0 Å². The third-order valence-corrected chi connectivity index (χ3v) is 8.97. The highest BCUT2D eigenvalue weighted by Gasteiger charge is 2.49. The van der Waals surface area contributed by atoms with Gasteiger partial charge in [0.15, 0.2) is 11.6 Å². The number of nitriles is 1. The van der Waals surface area contributed by atoms with Crippen molar-refractivity contribution >= 4 is 16.7 Å². The lowest BCUT2D eigenvalue weighted by molar-refractivity contribution is -0.121. The number of carbonyl (C=O) groups is 1. The van der Waals surface area contributed by atoms with Crippen LogP contribution in [0.15, 0.2) is 103 Å². The molecule has 7 rings (SSSR count). The molecule has 0 spiro atoms. The SMILES string of the molecule is C[C@H]1C(=O)C(C#N)=C[C@@]2(C)c3nc(-c4ccnc5ccccc45)nc(-c4cccc(-c5ccccc5)c4)c3CC[C@H]12. The second kappa shape index (κ2) is 9.60. The lowest BCUT2D eigenvalue weighted by Gasteiger charge is -2.45. The largest absolute Gasteiger partial charge is 0.293 e. The number of fused-ring (bicyclic) bond motifs is 4. The van der Waals surface area contributed by atoms with Crippen LogP contribution in [0.25, 0.3) is 44.7 Å². The van der Waals surface area contributed by atoms with E-state index >= 15 is 0 Å². The average Bonchev–Trinajstić information content (AvgIpc) is 3.02. The number of rotatable bonds is 3. The number of benzene rings is 3. The summed E-state index contributed by atoms with van der Waals surface area (Å²) in [4.78, 5) is 28.1. The van der Waals surface area contributed by atoms with E-state index in [9.17, 15) is 10.1 Å². The van der Waals surface area contributed by atoms with Crippen LogP contribution in [0.4, 0.5) is 0 Å². The Kier molecular flexibility index (Phi) is 5.87. The second-order valence-corrected chi connectivity index (χ2v) is 11.3. The Bertz CT molecular complexity index is 1910. The monoisotopic (exact) mass is 532 g/mol. The minimum atomic E-state index is -0.571. The van der Waals surface area contributed by atoms with Crippen LogP contribution in [0.3, 0.4) is 0 Å². The summed E-state index contributed by atoms with van der Waals surface area (Å²) < 4.78 is 0. The number of allylic oxidation sites excluding steroid dienone is 2. The van der Waals surface area contributed by atoms with E-state index in [1.807, 2.05) is 55.5 Å². The molecule has 2 aromatic heterocycles. The Morgan fingerprint density at radius 2 is 1.66 bits per heavy atom. The molecular formula is C36H28N4O. The van der Waals surface area contributed by atoms with Crippen LogP contribution in [0.1, 0.15) is 31.5 Å². The number of para-hydroxylation sites is 1. The van der Waals surface area contributed by atoms with Crippen LogP contribution in [-0.2, 0) is 16.6 Å². The van der Waals surface area contributed by atoms with E-state index in [-0.39, 0.29) is 23.2 Å². The van der Waals surface area contributed by atoms with Gasteiger partial charge >= 0.3 is 0 Å². The zero-order chi connectivity index (χ0) is 28.1. The van der Waals surface area contributed by atoms with Gasteiger partial charge in [-0.15, -0.1) is 0 Å². The van der Waals surface area contributed by atoms with Gasteiger partial charge < -0.3 is 0 Å². The quantitative estimate of drug-likeness (QED) is 0.240. The molecule has 0 unspecified atom stereocenters. The molecular weight excluding hydrogens is 504 g/mol. The summed E-state index contributed by atoms with van der Waals surface area (Å²) in [6.45, 7) is 4.10. The lowest BCUT2D eigenvalue weighted by atomic mass is 9.57. The van der Waals surface area contributed by atoms with Gasteiger partial charge in [0.1, 0.15) is 6.07 Å². The summed E-state index contributed by atoms with van der Waals surface area (Å²) in [5, 5.41) is 10.9. The predicted octanol–water partition coefficient (Wildman–Crippen LogP) is 7.51. The van der Waals surface area contributed by atoms with E-state index in [0.717, 1.165) is 62.9 Å². The van der Waals surface area contributed by atoms with Gasteiger partial charge in [0, 0.05) is 39.6 Å². The minimum Gasteiger partial charge on any atom is -0.293 e. The van der Waals surface area contributed by atoms with E-state index in [4.69, 9.17) is 9.97 Å². The highest BCUT2D eigenvalue weighted by Crippen LogP contribution is 2.51. The smallest absolute Gasteiger partial charge is 0.176 e. The maximum absolute atomic E-state index is 13.0. The van der Waals surface area contributed by atoms with E-state index in [0.29, 0.717) is 5.82 Å². The van der Waals surface area contributed by atoms with E-state index in [1.54, 1.807) is 6.20 Å². The van der Waals surface area contributed by atoms with Crippen molar-refractivity contribution in [1.29, 1.82) is 5.26 Å². The molecule has 5 heteroatoms. The number of pyridine rings is 1. The zero-order valence-corrected chi connectivity index (χ0v) is 23.0. The Hall–Kier alpha value is -4.95. The molecule has 0 N–H and O–H groups in total. The molecule has 3 atom stereocenters. The summed E-state index contributed by atoms with van der Waals surface area (Å²) in [5.41, 5.74) is 7.64. The van der Waals surface area contributed by atoms with Crippen LogP contribution >= 0.6 is 0 Å². The molecule has 0 saturated carbocycles. The van der Waals surface area contributed by atoms with Gasteiger partial charge in [-0.05, 0) is 48.1 Å². The van der Waals surface area contributed by atoms with Gasteiger partial charge in [-0.25, -0.2) is 9.97 Å². The van der Waals surface area contributed by atoms with Crippen molar-refractivity contribution < 1.29 is 4.79 Å². The maximum atomic E-state index is 13.0. The average molecular weight is 533 g/mol. The van der Waals surface area contributed by atoms with Gasteiger partial charge in [-0.3, -0.25) is 9.78 Å². The fourth-order valence-electron chi connectivity index (χ4n) is 6.90. The van der Waals surface area contributed by atoms with Crippen molar-refractivity contribution in [3.8, 4) is 39.8 Å². The second-order valence-electron chi connectivity index (χ2n) is 11.3. The molecule has 5 nitrogen and oxygen atoms in total. The standard InChI is InChI=1S/C36H28N4O/c1-22-30-16-15-29-32(25-12-8-11-24(19-25)23-9-4-3-5-10-23)39-35(28-17-18-38-31-14-7-6-13-27(28)31)40-34(29)36(30,2)20-26(21-37)33(22)41/h3-14,17-20,22,30H,15-16H2,1-2H3/t22-,30-,36-/m1/s1. The maximum Gasteiger partial charge on any atom is 0.176 e. The molecule has 2 aliphatic carbocycles. The molecule has 0 amide bonds. The number of ketones is 1. The van der Waals surface area contributed by atoms with Crippen molar-refractivity contribution in [1.82, 2.24) is 15.0 Å².